The Morgan fingerprint density at radius 1 is 1.30 bits per heavy atom. The van der Waals surface area contributed by atoms with Crippen molar-refractivity contribution in [2.24, 2.45) is 0 Å². The summed E-state index contributed by atoms with van der Waals surface area (Å²) in [6.07, 6.45) is 1.54. The van der Waals surface area contributed by atoms with E-state index in [4.69, 9.17) is 16.3 Å². The predicted octanol–water partition coefficient (Wildman–Crippen LogP) is 1.76. The van der Waals surface area contributed by atoms with Crippen molar-refractivity contribution in [2.75, 3.05) is 27.3 Å². The lowest BCUT2D eigenvalue weighted by atomic mass is 10.2. The highest BCUT2D eigenvalue weighted by Crippen LogP contribution is 2.22. The molecule has 0 aromatic heterocycles. The monoisotopic (exact) mass is 320 g/mol. The first-order chi connectivity index (χ1) is 9.51. The molecular weight excluding hydrogens is 300 g/mol. The molecule has 1 aromatic carbocycles. The Morgan fingerprint density at radius 3 is 2.70 bits per heavy atom. The van der Waals surface area contributed by atoms with Crippen molar-refractivity contribution in [1.82, 2.24) is 10.0 Å². The summed E-state index contributed by atoms with van der Waals surface area (Å²) in [7, 11) is -0.145. The van der Waals surface area contributed by atoms with Gasteiger partial charge in [0.1, 0.15) is 4.90 Å². The molecule has 2 N–H and O–H groups in total. The number of ether oxygens (including phenoxy) is 1. The van der Waals surface area contributed by atoms with Crippen molar-refractivity contribution in [1.29, 1.82) is 0 Å². The maximum Gasteiger partial charge on any atom is 0.242 e. The fourth-order valence-corrected chi connectivity index (χ4v) is 3.35. The molecule has 0 spiro atoms. The molecule has 0 saturated carbocycles. The summed E-state index contributed by atoms with van der Waals surface area (Å²) < 4.78 is 31.9. The van der Waals surface area contributed by atoms with Gasteiger partial charge in [0.25, 0.3) is 0 Å². The second-order valence-electron chi connectivity index (χ2n) is 4.39. The van der Waals surface area contributed by atoms with Crippen LogP contribution in [0.4, 0.5) is 0 Å². The van der Waals surface area contributed by atoms with Crippen LogP contribution in [0, 0.1) is 0 Å². The van der Waals surface area contributed by atoms with E-state index in [9.17, 15) is 8.42 Å². The molecule has 0 aliphatic heterocycles. The lowest BCUT2D eigenvalue weighted by Gasteiger charge is -2.10. The summed E-state index contributed by atoms with van der Waals surface area (Å²) >= 11 is 5.98. The third-order valence-electron chi connectivity index (χ3n) is 2.73. The van der Waals surface area contributed by atoms with Crippen molar-refractivity contribution >= 4 is 21.6 Å². The first-order valence-electron chi connectivity index (χ1n) is 6.43. The number of hydrogen-bond acceptors (Lipinski definition) is 4. The SMILES string of the molecule is CNCc1ccc(Cl)c(S(=O)(=O)NCCCCOC)c1. The third-order valence-corrected chi connectivity index (χ3v) is 4.68. The van der Waals surface area contributed by atoms with Gasteiger partial charge in [0.15, 0.2) is 0 Å². The maximum absolute atomic E-state index is 12.2. The normalized spacial score (nSPS) is 11.8. The van der Waals surface area contributed by atoms with Gasteiger partial charge in [-0.05, 0) is 37.6 Å². The van der Waals surface area contributed by atoms with E-state index in [2.05, 4.69) is 10.0 Å². The molecule has 20 heavy (non-hydrogen) atoms. The fourth-order valence-electron chi connectivity index (χ4n) is 1.72. The number of unbranched alkanes of at least 4 members (excludes halogenated alkanes) is 1. The third kappa shape index (κ3) is 5.38. The summed E-state index contributed by atoms with van der Waals surface area (Å²) in [6.45, 7) is 1.59. The minimum absolute atomic E-state index is 0.124. The Balaban J connectivity index is 2.73. The van der Waals surface area contributed by atoms with Crippen molar-refractivity contribution < 1.29 is 13.2 Å². The average Bonchev–Trinajstić information content (AvgIpc) is 2.41. The van der Waals surface area contributed by atoms with Gasteiger partial charge in [0.2, 0.25) is 10.0 Å². The zero-order chi connectivity index (χ0) is 15.0. The van der Waals surface area contributed by atoms with E-state index < -0.39 is 10.0 Å². The first-order valence-corrected chi connectivity index (χ1v) is 8.29. The van der Waals surface area contributed by atoms with E-state index >= 15 is 0 Å². The summed E-state index contributed by atoms with van der Waals surface area (Å²) in [6, 6.07) is 5.00. The molecule has 1 rings (SSSR count). The predicted molar refractivity (Wildman–Crippen MR) is 80.5 cm³/mol. The molecule has 0 radical (unpaired) electrons. The van der Waals surface area contributed by atoms with Gasteiger partial charge in [0.05, 0.1) is 5.02 Å². The molecule has 0 heterocycles. The molecule has 0 atom stereocenters. The molecule has 0 unspecified atom stereocenters. The van der Waals surface area contributed by atoms with Gasteiger partial charge in [-0.15, -0.1) is 0 Å². The van der Waals surface area contributed by atoms with Gasteiger partial charge in [-0.2, -0.15) is 0 Å². The highest BCUT2D eigenvalue weighted by molar-refractivity contribution is 7.89. The zero-order valence-corrected chi connectivity index (χ0v) is 13.4. The Labute approximate surface area is 125 Å². The van der Waals surface area contributed by atoms with E-state index in [1.54, 1.807) is 32.4 Å². The Hall–Kier alpha value is -0.660. The topological polar surface area (TPSA) is 67.4 Å². The number of benzene rings is 1. The highest BCUT2D eigenvalue weighted by atomic mass is 35.5. The lowest BCUT2D eigenvalue weighted by molar-refractivity contribution is 0.193. The van der Waals surface area contributed by atoms with Crippen molar-refractivity contribution in [3.63, 3.8) is 0 Å². The second kappa shape index (κ2) is 8.59. The Morgan fingerprint density at radius 2 is 2.05 bits per heavy atom. The van der Waals surface area contributed by atoms with Crippen LogP contribution in [0.2, 0.25) is 5.02 Å². The fraction of sp³-hybridized carbons (Fsp3) is 0.538. The van der Waals surface area contributed by atoms with Crippen LogP contribution in [0.25, 0.3) is 0 Å². The van der Waals surface area contributed by atoms with Crippen LogP contribution in [0.1, 0.15) is 18.4 Å². The summed E-state index contributed by atoms with van der Waals surface area (Å²) in [5, 5.41) is 3.21. The van der Waals surface area contributed by atoms with Crippen LogP contribution in [-0.4, -0.2) is 35.7 Å². The molecular formula is C13H21ClN2O3S. The first kappa shape index (κ1) is 17.4. The van der Waals surface area contributed by atoms with Gasteiger partial charge in [-0.1, -0.05) is 17.7 Å². The number of sulfonamides is 1. The number of halogens is 1. The molecule has 114 valence electrons. The van der Waals surface area contributed by atoms with Crippen LogP contribution < -0.4 is 10.0 Å². The minimum atomic E-state index is -3.57. The Bertz CT molecular complexity index is 520. The quantitative estimate of drug-likeness (QED) is 0.680. The van der Waals surface area contributed by atoms with E-state index in [-0.39, 0.29) is 9.92 Å². The number of rotatable bonds is 9. The number of nitrogens with one attached hydrogen (secondary N) is 2. The van der Waals surface area contributed by atoms with E-state index in [0.29, 0.717) is 19.7 Å². The van der Waals surface area contributed by atoms with Crippen LogP contribution in [0.5, 0.6) is 0 Å². The van der Waals surface area contributed by atoms with Crippen LogP contribution in [-0.2, 0) is 21.3 Å². The Kier molecular flexibility index (Phi) is 7.47. The molecule has 0 fully saturated rings. The molecule has 0 saturated heterocycles. The highest BCUT2D eigenvalue weighted by Gasteiger charge is 2.17. The number of methoxy groups -OCH3 is 1. The van der Waals surface area contributed by atoms with Gasteiger partial charge in [0, 0.05) is 26.8 Å². The van der Waals surface area contributed by atoms with E-state index in [1.807, 2.05) is 0 Å². The minimum Gasteiger partial charge on any atom is -0.385 e. The number of hydrogen-bond donors (Lipinski definition) is 2. The zero-order valence-electron chi connectivity index (χ0n) is 11.8. The standard InChI is InChI=1S/C13H21ClN2O3S/c1-15-10-11-5-6-12(14)13(9-11)20(17,18)16-7-3-4-8-19-2/h5-6,9,15-16H,3-4,7-8,10H2,1-2H3. The van der Waals surface area contributed by atoms with E-state index in [0.717, 1.165) is 18.4 Å². The van der Waals surface area contributed by atoms with Crippen LogP contribution in [0.15, 0.2) is 23.1 Å². The molecule has 0 aliphatic rings. The molecule has 1 aromatic rings. The smallest absolute Gasteiger partial charge is 0.242 e. The molecule has 0 bridgehead atoms. The van der Waals surface area contributed by atoms with Gasteiger partial charge < -0.3 is 10.1 Å². The average molecular weight is 321 g/mol. The van der Waals surface area contributed by atoms with Crippen molar-refractivity contribution in [2.45, 2.75) is 24.3 Å². The molecule has 0 aliphatic carbocycles. The summed E-state index contributed by atoms with van der Waals surface area (Å²) in [5.74, 6) is 0. The van der Waals surface area contributed by atoms with Gasteiger partial charge in [-0.3, -0.25) is 0 Å². The van der Waals surface area contributed by atoms with Gasteiger partial charge in [-0.25, -0.2) is 13.1 Å². The summed E-state index contributed by atoms with van der Waals surface area (Å²) in [4.78, 5) is 0.124. The molecule has 7 heteroatoms. The molecule has 0 amide bonds. The largest absolute Gasteiger partial charge is 0.385 e. The lowest BCUT2D eigenvalue weighted by Crippen LogP contribution is -2.25. The van der Waals surface area contributed by atoms with Crippen molar-refractivity contribution in [3.05, 3.63) is 28.8 Å². The van der Waals surface area contributed by atoms with Crippen LogP contribution in [0.3, 0.4) is 0 Å². The maximum atomic E-state index is 12.2. The summed E-state index contributed by atoms with van der Waals surface area (Å²) in [5.41, 5.74) is 0.872. The van der Waals surface area contributed by atoms with Gasteiger partial charge >= 0.3 is 0 Å². The molecule has 5 nitrogen and oxygen atoms in total. The van der Waals surface area contributed by atoms with E-state index in [1.165, 1.54) is 0 Å². The van der Waals surface area contributed by atoms with Crippen molar-refractivity contribution in [3.8, 4) is 0 Å². The second-order valence-corrected chi connectivity index (χ2v) is 6.54. The van der Waals surface area contributed by atoms with Crippen LogP contribution >= 0.6 is 11.6 Å².